The van der Waals surface area contributed by atoms with Crippen molar-refractivity contribution in [3.63, 3.8) is 0 Å². The Labute approximate surface area is 148 Å². The average Bonchev–Trinajstić information content (AvgIpc) is 3.07. The van der Waals surface area contributed by atoms with E-state index in [1.54, 1.807) is 0 Å². The molecule has 0 saturated carbocycles. The average molecular weight is 342 g/mol. The van der Waals surface area contributed by atoms with Crippen LogP contribution in [0.15, 0.2) is 18.2 Å². The summed E-state index contributed by atoms with van der Waals surface area (Å²) in [7, 11) is 2.19. The molecule has 134 valence electrons. The van der Waals surface area contributed by atoms with E-state index >= 15 is 0 Å². The van der Waals surface area contributed by atoms with Crippen LogP contribution in [0.4, 0.5) is 0 Å². The van der Waals surface area contributed by atoms with Gasteiger partial charge in [0.05, 0.1) is 11.0 Å². The Morgan fingerprint density at radius 1 is 1.32 bits per heavy atom. The largest absolute Gasteiger partial charge is 0.364 e. The lowest BCUT2D eigenvalue weighted by Gasteiger charge is -2.25. The molecule has 25 heavy (non-hydrogen) atoms. The fourth-order valence-corrected chi connectivity index (χ4v) is 4.11. The fourth-order valence-electron chi connectivity index (χ4n) is 4.11. The number of rotatable bonds is 4. The second-order valence-corrected chi connectivity index (χ2v) is 7.38. The van der Waals surface area contributed by atoms with Crippen LogP contribution < -0.4 is 0 Å². The first-order valence-electron chi connectivity index (χ1n) is 9.13. The Morgan fingerprint density at radius 3 is 3.04 bits per heavy atom. The number of hydrogen-bond acceptors (Lipinski definition) is 4. The summed E-state index contributed by atoms with van der Waals surface area (Å²) in [6.45, 7) is 4.19. The number of nitrogens with one attached hydrogen (secondary N) is 1. The molecule has 6 nitrogen and oxygen atoms in total. The first-order chi connectivity index (χ1) is 12.1. The molecular formula is C19H26N4O2. The van der Waals surface area contributed by atoms with Crippen LogP contribution in [-0.2, 0) is 16.1 Å². The quantitative estimate of drug-likeness (QED) is 0.924. The Bertz CT molecular complexity index is 772. The van der Waals surface area contributed by atoms with E-state index in [9.17, 15) is 4.79 Å². The number of ether oxygens (including phenoxy) is 1. The molecule has 6 heteroatoms. The summed E-state index contributed by atoms with van der Waals surface area (Å²) >= 11 is 0. The number of aryl methyl sites for hydroxylation is 1. The third kappa shape index (κ3) is 3.41. The van der Waals surface area contributed by atoms with Crippen molar-refractivity contribution < 1.29 is 9.53 Å². The normalized spacial score (nSPS) is 24.0. The highest BCUT2D eigenvalue weighted by molar-refractivity contribution is 5.77. The van der Waals surface area contributed by atoms with Crippen molar-refractivity contribution in [1.82, 2.24) is 19.8 Å². The number of benzene rings is 1. The molecule has 0 aliphatic carbocycles. The number of aromatic nitrogens is 2. The molecule has 1 aromatic carbocycles. The molecule has 2 aliphatic heterocycles. The lowest BCUT2D eigenvalue weighted by molar-refractivity contribution is -0.137. The highest BCUT2D eigenvalue weighted by Crippen LogP contribution is 2.28. The van der Waals surface area contributed by atoms with Gasteiger partial charge in [-0.25, -0.2) is 4.98 Å². The predicted octanol–water partition coefficient (Wildman–Crippen LogP) is 2.08. The van der Waals surface area contributed by atoms with Gasteiger partial charge in [-0.15, -0.1) is 0 Å². The Kier molecular flexibility index (Phi) is 4.48. The lowest BCUT2D eigenvalue weighted by Crippen LogP contribution is -2.41. The summed E-state index contributed by atoms with van der Waals surface area (Å²) in [5.74, 6) is 0.857. The van der Waals surface area contributed by atoms with E-state index in [2.05, 4.69) is 34.9 Å². The predicted molar refractivity (Wildman–Crippen MR) is 96.3 cm³/mol. The first kappa shape index (κ1) is 16.5. The van der Waals surface area contributed by atoms with Crippen molar-refractivity contribution in [2.75, 3.05) is 26.7 Å². The molecule has 4 rings (SSSR count). The van der Waals surface area contributed by atoms with Crippen LogP contribution in [0, 0.1) is 6.92 Å². The zero-order valence-corrected chi connectivity index (χ0v) is 15.0. The van der Waals surface area contributed by atoms with Gasteiger partial charge in [0.15, 0.2) is 0 Å². The van der Waals surface area contributed by atoms with Crippen molar-refractivity contribution in [3.05, 3.63) is 29.6 Å². The number of fused-ring (bicyclic) bond motifs is 3. The highest BCUT2D eigenvalue weighted by atomic mass is 16.5. The van der Waals surface area contributed by atoms with Gasteiger partial charge in [0.25, 0.3) is 0 Å². The summed E-state index contributed by atoms with van der Waals surface area (Å²) in [5, 5.41) is 0. The summed E-state index contributed by atoms with van der Waals surface area (Å²) in [6.07, 6.45) is 3.54. The topological polar surface area (TPSA) is 61.5 Å². The van der Waals surface area contributed by atoms with Crippen molar-refractivity contribution in [3.8, 4) is 0 Å². The molecule has 2 saturated heterocycles. The number of likely N-dealkylation sites (tertiary alicyclic amines) is 1. The van der Waals surface area contributed by atoms with Crippen molar-refractivity contribution in [2.45, 2.75) is 44.9 Å². The molecule has 2 aromatic rings. The smallest absolute Gasteiger partial charge is 0.248 e. The van der Waals surface area contributed by atoms with Gasteiger partial charge in [0.2, 0.25) is 5.91 Å². The third-order valence-corrected chi connectivity index (χ3v) is 5.65. The Balaban J connectivity index is 1.31. The number of carbonyl (C=O) groups excluding carboxylic acids is 1. The number of H-pyrrole nitrogens is 1. The van der Waals surface area contributed by atoms with Crippen molar-refractivity contribution >= 4 is 16.9 Å². The number of hydrogen-bond donors (Lipinski definition) is 1. The first-order valence-corrected chi connectivity index (χ1v) is 9.13. The van der Waals surface area contributed by atoms with Crippen molar-refractivity contribution in [2.24, 2.45) is 0 Å². The van der Waals surface area contributed by atoms with Gasteiger partial charge in [0.1, 0.15) is 19.0 Å². The van der Waals surface area contributed by atoms with Gasteiger partial charge in [-0.1, -0.05) is 6.07 Å². The fraction of sp³-hybridized carbons (Fsp3) is 0.579. The molecule has 0 radical (unpaired) electrons. The zero-order valence-electron chi connectivity index (χ0n) is 15.0. The number of likely N-dealkylation sites (N-methyl/N-ethyl adjacent to an activating group) is 1. The maximum Gasteiger partial charge on any atom is 0.248 e. The van der Waals surface area contributed by atoms with Gasteiger partial charge in [0, 0.05) is 25.2 Å². The second-order valence-electron chi connectivity index (χ2n) is 7.38. The van der Waals surface area contributed by atoms with Gasteiger partial charge in [-0.3, -0.25) is 9.69 Å². The van der Waals surface area contributed by atoms with E-state index < -0.39 is 0 Å². The van der Waals surface area contributed by atoms with Crippen LogP contribution in [0.2, 0.25) is 0 Å². The van der Waals surface area contributed by atoms with Crippen LogP contribution in [-0.4, -0.2) is 64.5 Å². The van der Waals surface area contributed by atoms with Crippen LogP contribution in [0.5, 0.6) is 0 Å². The van der Waals surface area contributed by atoms with E-state index in [1.165, 1.54) is 18.4 Å². The minimum Gasteiger partial charge on any atom is -0.364 e. The number of aromatic amines is 1. The number of imidazole rings is 1. The summed E-state index contributed by atoms with van der Waals surface area (Å²) in [6, 6.07) is 7.26. The molecule has 0 spiro atoms. The number of carbonyl (C=O) groups is 1. The SMILES string of the molecule is Cc1ccc2nc(COCC(=O)N3CC[C@@H]4CC[C@H](C3)N4C)[nH]c2c1. The molecule has 2 atom stereocenters. The summed E-state index contributed by atoms with van der Waals surface area (Å²) in [4.78, 5) is 24.7. The molecule has 3 heterocycles. The van der Waals surface area contributed by atoms with Crippen LogP contribution in [0.25, 0.3) is 11.0 Å². The van der Waals surface area contributed by atoms with E-state index in [0.29, 0.717) is 18.7 Å². The van der Waals surface area contributed by atoms with E-state index in [4.69, 9.17) is 4.74 Å². The van der Waals surface area contributed by atoms with Gasteiger partial charge < -0.3 is 14.6 Å². The highest BCUT2D eigenvalue weighted by Gasteiger charge is 2.35. The molecule has 0 unspecified atom stereocenters. The molecule has 2 bridgehead atoms. The maximum atomic E-state index is 12.5. The molecular weight excluding hydrogens is 316 g/mol. The Hall–Kier alpha value is -1.92. The maximum absolute atomic E-state index is 12.5. The molecule has 2 fully saturated rings. The minimum atomic E-state index is 0.0907. The minimum absolute atomic E-state index is 0.0907. The van der Waals surface area contributed by atoms with Gasteiger partial charge in [-0.05, 0) is 50.9 Å². The number of nitrogens with zero attached hydrogens (tertiary/aromatic N) is 3. The van der Waals surface area contributed by atoms with Crippen LogP contribution in [0.1, 0.15) is 30.7 Å². The monoisotopic (exact) mass is 342 g/mol. The van der Waals surface area contributed by atoms with E-state index in [-0.39, 0.29) is 12.5 Å². The molecule has 2 aliphatic rings. The van der Waals surface area contributed by atoms with E-state index in [1.807, 2.05) is 17.0 Å². The van der Waals surface area contributed by atoms with Crippen molar-refractivity contribution in [1.29, 1.82) is 0 Å². The summed E-state index contributed by atoms with van der Waals surface area (Å²) < 4.78 is 5.64. The lowest BCUT2D eigenvalue weighted by atomic mass is 10.1. The third-order valence-electron chi connectivity index (χ3n) is 5.65. The Morgan fingerprint density at radius 2 is 2.16 bits per heavy atom. The van der Waals surface area contributed by atoms with E-state index in [0.717, 1.165) is 36.4 Å². The van der Waals surface area contributed by atoms with Crippen LogP contribution in [0.3, 0.4) is 0 Å². The second kappa shape index (κ2) is 6.77. The van der Waals surface area contributed by atoms with Crippen LogP contribution >= 0.6 is 0 Å². The van der Waals surface area contributed by atoms with Gasteiger partial charge in [-0.2, -0.15) is 0 Å². The zero-order chi connectivity index (χ0) is 17.4. The summed E-state index contributed by atoms with van der Waals surface area (Å²) in [5.41, 5.74) is 3.14. The number of amides is 1. The molecule has 1 aromatic heterocycles. The standard InChI is InChI=1S/C19H26N4O2/c1-13-3-6-16-17(9-13)21-18(20-16)11-25-12-19(24)23-8-7-14-4-5-15(10-23)22(14)2/h3,6,9,14-15H,4-5,7-8,10-12H2,1-2H3,(H,20,21)/t14-,15+/m0/s1. The van der Waals surface area contributed by atoms with Gasteiger partial charge >= 0.3 is 0 Å². The molecule has 1 amide bonds. The molecule has 1 N–H and O–H groups in total.